The lowest BCUT2D eigenvalue weighted by Crippen LogP contribution is -2.58. The molecule has 0 atom stereocenters. The van der Waals surface area contributed by atoms with Gasteiger partial charge in [0.25, 0.3) is 0 Å². The van der Waals surface area contributed by atoms with Gasteiger partial charge in [-0.25, -0.2) is 8.42 Å². The minimum Gasteiger partial charge on any atom is -0.497 e. The van der Waals surface area contributed by atoms with Gasteiger partial charge in [0.2, 0.25) is 10.0 Å². The summed E-state index contributed by atoms with van der Waals surface area (Å²) in [5.74, 6) is -0.730. The maximum Gasteiger partial charge on any atom is 0.324 e. The molecule has 0 saturated heterocycles. The molecule has 0 aromatic heterocycles. The first-order valence-corrected chi connectivity index (χ1v) is 7.29. The van der Waals surface area contributed by atoms with E-state index in [0.717, 1.165) is 0 Å². The van der Waals surface area contributed by atoms with E-state index in [1.165, 1.54) is 19.2 Å². The van der Waals surface area contributed by atoms with Crippen LogP contribution in [-0.4, -0.2) is 32.1 Å². The van der Waals surface area contributed by atoms with Crippen LogP contribution in [0, 0.1) is 0 Å². The smallest absolute Gasteiger partial charge is 0.324 e. The van der Waals surface area contributed by atoms with E-state index in [1.807, 2.05) is 0 Å². The van der Waals surface area contributed by atoms with E-state index in [2.05, 4.69) is 4.72 Å². The number of methoxy groups -OCH3 is 1. The second-order valence-corrected chi connectivity index (χ2v) is 6.21. The Kier molecular flexibility index (Phi) is 3.51. The van der Waals surface area contributed by atoms with Gasteiger partial charge < -0.3 is 9.84 Å². The SMILES string of the molecule is COc1cccc(S(=O)(=O)NC2(C(=O)O)CCC2)c1. The number of aliphatic carboxylic acids is 1. The number of rotatable bonds is 5. The highest BCUT2D eigenvalue weighted by atomic mass is 32.2. The quantitative estimate of drug-likeness (QED) is 0.841. The van der Waals surface area contributed by atoms with Crippen molar-refractivity contribution in [1.82, 2.24) is 4.72 Å². The lowest BCUT2D eigenvalue weighted by molar-refractivity contribution is -0.147. The molecule has 0 spiro atoms. The normalized spacial score (nSPS) is 17.5. The molecule has 2 N–H and O–H groups in total. The first-order valence-electron chi connectivity index (χ1n) is 5.81. The van der Waals surface area contributed by atoms with Crippen LogP contribution >= 0.6 is 0 Å². The van der Waals surface area contributed by atoms with Gasteiger partial charge in [0.15, 0.2) is 0 Å². The summed E-state index contributed by atoms with van der Waals surface area (Å²) in [6.45, 7) is 0. The molecule has 2 rings (SSSR count). The summed E-state index contributed by atoms with van der Waals surface area (Å²) in [5, 5.41) is 9.14. The van der Waals surface area contributed by atoms with Gasteiger partial charge in [-0.3, -0.25) is 4.79 Å². The summed E-state index contributed by atoms with van der Waals surface area (Å²) in [6.07, 6.45) is 1.32. The second kappa shape index (κ2) is 4.82. The first-order chi connectivity index (χ1) is 8.89. The van der Waals surface area contributed by atoms with Crippen molar-refractivity contribution in [2.45, 2.75) is 29.7 Å². The molecule has 7 heteroatoms. The Labute approximate surface area is 111 Å². The topological polar surface area (TPSA) is 92.7 Å². The molecule has 1 fully saturated rings. The van der Waals surface area contributed by atoms with Crippen LogP contribution in [-0.2, 0) is 14.8 Å². The van der Waals surface area contributed by atoms with Gasteiger partial charge in [-0.05, 0) is 31.4 Å². The number of carboxylic acid groups (broad SMARTS) is 1. The average molecular weight is 285 g/mol. The zero-order valence-electron chi connectivity index (χ0n) is 10.4. The van der Waals surface area contributed by atoms with E-state index in [0.29, 0.717) is 25.0 Å². The molecule has 0 heterocycles. The third-order valence-electron chi connectivity index (χ3n) is 3.30. The summed E-state index contributed by atoms with van der Waals surface area (Å²) in [4.78, 5) is 11.2. The van der Waals surface area contributed by atoms with Gasteiger partial charge in [0.1, 0.15) is 11.3 Å². The summed E-state index contributed by atoms with van der Waals surface area (Å²) in [6, 6.07) is 5.92. The van der Waals surface area contributed by atoms with Crippen molar-refractivity contribution in [2.24, 2.45) is 0 Å². The molecular formula is C12H15NO5S. The highest BCUT2D eigenvalue weighted by Gasteiger charge is 2.47. The minimum absolute atomic E-state index is 0.000579. The van der Waals surface area contributed by atoms with Crippen LogP contribution in [0.5, 0.6) is 5.75 Å². The van der Waals surface area contributed by atoms with Crippen molar-refractivity contribution in [3.63, 3.8) is 0 Å². The molecule has 1 aromatic carbocycles. The summed E-state index contributed by atoms with van der Waals surface area (Å²) in [7, 11) is -2.43. The van der Waals surface area contributed by atoms with Gasteiger partial charge in [0, 0.05) is 6.07 Å². The molecule has 0 radical (unpaired) electrons. The Balaban J connectivity index is 2.29. The Morgan fingerprint density at radius 2 is 2.11 bits per heavy atom. The third kappa shape index (κ3) is 2.57. The molecule has 0 amide bonds. The summed E-state index contributed by atoms with van der Waals surface area (Å²) >= 11 is 0. The molecule has 19 heavy (non-hydrogen) atoms. The molecule has 0 bridgehead atoms. The molecule has 1 saturated carbocycles. The van der Waals surface area contributed by atoms with Gasteiger partial charge in [-0.1, -0.05) is 6.07 Å². The molecule has 0 unspecified atom stereocenters. The average Bonchev–Trinajstić information content (AvgIpc) is 2.33. The zero-order chi connectivity index (χ0) is 14.1. The van der Waals surface area contributed by atoms with E-state index >= 15 is 0 Å². The Hall–Kier alpha value is -1.60. The van der Waals surface area contributed by atoms with Crippen molar-refractivity contribution >= 4 is 16.0 Å². The summed E-state index contributed by atoms with van der Waals surface area (Å²) < 4.78 is 31.6. The number of nitrogens with one attached hydrogen (secondary N) is 1. The third-order valence-corrected chi connectivity index (χ3v) is 4.83. The highest BCUT2D eigenvalue weighted by molar-refractivity contribution is 7.89. The number of ether oxygens (including phenoxy) is 1. The standard InChI is InChI=1S/C12H15NO5S/c1-18-9-4-2-5-10(8-9)19(16,17)13-12(11(14)15)6-3-7-12/h2,4-5,8,13H,3,6-7H2,1H3,(H,14,15). The highest BCUT2D eigenvalue weighted by Crippen LogP contribution is 2.33. The molecule has 0 aliphatic heterocycles. The van der Waals surface area contributed by atoms with Crippen LogP contribution < -0.4 is 9.46 Å². The van der Waals surface area contributed by atoms with E-state index in [9.17, 15) is 13.2 Å². The van der Waals surface area contributed by atoms with E-state index in [-0.39, 0.29) is 4.90 Å². The lowest BCUT2D eigenvalue weighted by Gasteiger charge is -2.37. The Morgan fingerprint density at radius 1 is 1.42 bits per heavy atom. The minimum atomic E-state index is -3.87. The fourth-order valence-corrected chi connectivity index (χ4v) is 3.43. The van der Waals surface area contributed by atoms with E-state index in [1.54, 1.807) is 12.1 Å². The van der Waals surface area contributed by atoms with Crippen LogP contribution in [0.1, 0.15) is 19.3 Å². The maximum absolute atomic E-state index is 12.2. The number of sulfonamides is 1. The van der Waals surface area contributed by atoms with E-state index in [4.69, 9.17) is 9.84 Å². The van der Waals surface area contributed by atoms with Gasteiger partial charge in [-0.15, -0.1) is 0 Å². The fraction of sp³-hybridized carbons (Fsp3) is 0.417. The number of hydrogen-bond acceptors (Lipinski definition) is 4. The lowest BCUT2D eigenvalue weighted by atomic mass is 9.78. The molecule has 6 nitrogen and oxygen atoms in total. The first kappa shape index (κ1) is 13.8. The Bertz CT molecular complexity index is 592. The number of hydrogen-bond donors (Lipinski definition) is 2. The van der Waals surface area contributed by atoms with Crippen LogP contribution in [0.3, 0.4) is 0 Å². The molecule has 104 valence electrons. The van der Waals surface area contributed by atoms with Crippen molar-refractivity contribution < 1.29 is 23.1 Å². The van der Waals surface area contributed by atoms with Gasteiger partial charge >= 0.3 is 5.97 Å². The predicted molar refractivity (Wildman–Crippen MR) is 67.5 cm³/mol. The molecule has 1 aromatic rings. The van der Waals surface area contributed by atoms with Gasteiger partial charge in [-0.2, -0.15) is 4.72 Å². The predicted octanol–water partition coefficient (Wildman–Crippen LogP) is 0.981. The molecular weight excluding hydrogens is 270 g/mol. The van der Waals surface area contributed by atoms with Crippen molar-refractivity contribution in [3.05, 3.63) is 24.3 Å². The largest absolute Gasteiger partial charge is 0.497 e. The monoisotopic (exact) mass is 285 g/mol. The van der Waals surface area contributed by atoms with Crippen LogP contribution in [0.15, 0.2) is 29.2 Å². The Morgan fingerprint density at radius 3 is 2.58 bits per heavy atom. The van der Waals surface area contributed by atoms with Crippen molar-refractivity contribution in [2.75, 3.05) is 7.11 Å². The zero-order valence-corrected chi connectivity index (χ0v) is 11.2. The summed E-state index contributed by atoms with van der Waals surface area (Å²) in [5.41, 5.74) is -1.36. The van der Waals surface area contributed by atoms with Crippen LogP contribution in [0.25, 0.3) is 0 Å². The maximum atomic E-state index is 12.2. The van der Waals surface area contributed by atoms with Crippen molar-refractivity contribution in [3.8, 4) is 5.75 Å². The van der Waals surface area contributed by atoms with Crippen LogP contribution in [0.4, 0.5) is 0 Å². The second-order valence-electron chi connectivity index (χ2n) is 4.53. The number of carbonyl (C=O) groups is 1. The van der Waals surface area contributed by atoms with E-state index < -0.39 is 21.5 Å². The van der Waals surface area contributed by atoms with Crippen molar-refractivity contribution in [1.29, 1.82) is 0 Å². The fourth-order valence-electron chi connectivity index (χ4n) is 1.97. The molecule has 1 aliphatic rings. The van der Waals surface area contributed by atoms with Gasteiger partial charge in [0.05, 0.1) is 12.0 Å². The number of benzene rings is 1. The number of carboxylic acids is 1. The molecule has 1 aliphatic carbocycles. The van der Waals surface area contributed by atoms with Crippen LogP contribution in [0.2, 0.25) is 0 Å².